The smallest absolute Gasteiger partial charge is 0.133 e. The third-order valence-electron chi connectivity index (χ3n) is 4.12. The molecule has 1 aliphatic heterocycles. The normalized spacial score (nSPS) is 17.6. The Morgan fingerprint density at radius 1 is 1.19 bits per heavy atom. The average Bonchev–Trinajstić information content (AvgIpc) is 2.53. The minimum atomic E-state index is 0.488. The van der Waals surface area contributed by atoms with E-state index in [1.54, 1.807) is 0 Å². The molecule has 0 bridgehead atoms. The first kappa shape index (κ1) is 14.1. The lowest BCUT2D eigenvalue weighted by Gasteiger charge is -2.36. The third-order valence-corrected chi connectivity index (χ3v) is 4.12. The number of nitrogens with one attached hydrogen (secondary N) is 1. The molecule has 1 atom stereocenters. The number of anilines is 2. The number of rotatable bonds is 4. The van der Waals surface area contributed by atoms with Crippen LogP contribution in [0.3, 0.4) is 0 Å². The fourth-order valence-electron chi connectivity index (χ4n) is 2.99. The Kier molecular flexibility index (Phi) is 4.20. The zero-order valence-electron chi connectivity index (χ0n) is 12.8. The van der Waals surface area contributed by atoms with Gasteiger partial charge in [0.15, 0.2) is 0 Å². The number of aromatic nitrogens is 1. The highest BCUT2D eigenvalue weighted by Crippen LogP contribution is 2.35. The summed E-state index contributed by atoms with van der Waals surface area (Å²) in [6, 6.07) is 15.5. The van der Waals surface area contributed by atoms with Crippen molar-refractivity contribution < 1.29 is 0 Å². The van der Waals surface area contributed by atoms with Crippen molar-refractivity contribution in [3.05, 3.63) is 53.7 Å². The third kappa shape index (κ3) is 2.93. The van der Waals surface area contributed by atoms with Crippen LogP contribution in [0.5, 0.6) is 0 Å². The number of hydrogen-bond donors (Lipinski definition) is 1. The number of aryl methyl sites for hydroxylation is 1. The van der Waals surface area contributed by atoms with Gasteiger partial charge < -0.3 is 10.2 Å². The monoisotopic (exact) mass is 281 g/mol. The van der Waals surface area contributed by atoms with Crippen LogP contribution in [0.1, 0.15) is 31.5 Å². The van der Waals surface area contributed by atoms with Crippen molar-refractivity contribution in [1.82, 2.24) is 10.3 Å². The van der Waals surface area contributed by atoms with Crippen LogP contribution in [0.15, 0.2) is 42.5 Å². The first-order valence-corrected chi connectivity index (χ1v) is 7.83. The predicted molar refractivity (Wildman–Crippen MR) is 88.0 cm³/mol. The fraction of sp³-hybridized carbons (Fsp3) is 0.389. The minimum absolute atomic E-state index is 0.488. The van der Waals surface area contributed by atoms with Crippen molar-refractivity contribution in [2.24, 2.45) is 0 Å². The molecule has 1 unspecified atom stereocenters. The Hall–Kier alpha value is -1.87. The highest BCUT2D eigenvalue weighted by atomic mass is 15.2. The molecule has 0 spiro atoms. The number of benzene rings is 1. The van der Waals surface area contributed by atoms with Gasteiger partial charge in [-0.3, -0.25) is 0 Å². The van der Waals surface area contributed by atoms with E-state index in [1.165, 1.54) is 17.7 Å². The van der Waals surface area contributed by atoms with E-state index >= 15 is 0 Å². The van der Waals surface area contributed by atoms with Crippen LogP contribution < -0.4 is 10.2 Å². The van der Waals surface area contributed by atoms with Crippen LogP contribution in [0.2, 0.25) is 0 Å². The van der Waals surface area contributed by atoms with E-state index in [0.29, 0.717) is 6.04 Å². The molecule has 110 valence electrons. The van der Waals surface area contributed by atoms with E-state index in [0.717, 1.165) is 31.0 Å². The van der Waals surface area contributed by atoms with Crippen molar-refractivity contribution in [1.29, 1.82) is 0 Å². The topological polar surface area (TPSA) is 28.2 Å². The maximum Gasteiger partial charge on any atom is 0.133 e. The summed E-state index contributed by atoms with van der Waals surface area (Å²) in [5.41, 5.74) is 3.84. The molecule has 2 aromatic rings. The molecule has 0 aliphatic carbocycles. The van der Waals surface area contributed by atoms with Crippen molar-refractivity contribution in [3.63, 3.8) is 0 Å². The number of fused-ring (bicyclic) bond motifs is 1. The van der Waals surface area contributed by atoms with Crippen LogP contribution in [0.4, 0.5) is 11.5 Å². The zero-order valence-corrected chi connectivity index (χ0v) is 12.8. The van der Waals surface area contributed by atoms with Crippen molar-refractivity contribution in [2.45, 2.75) is 39.3 Å². The highest BCUT2D eigenvalue weighted by molar-refractivity contribution is 5.66. The second-order valence-electron chi connectivity index (χ2n) is 5.65. The molecule has 0 radical (unpaired) electrons. The van der Waals surface area contributed by atoms with Gasteiger partial charge >= 0.3 is 0 Å². The van der Waals surface area contributed by atoms with Crippen LogP contribution in [-0.4, -0.2) is 17.6 Å². The lowest BCUT2D eigenvalue weighted by molar-refractivity contribution is 0.611. The molecule has 21 heavy (non-hydrogen) atoms. The maximum atomic E-state index is 4.85. The Labute approximate surface area is 127 Å². The zero-order chi connectivity index (χ0) is 14.7. The van der Waals surface area contributed by atoms with Gasteiger partial charge in [-0.05, 0) is 50.1 Å². The molecule has 3 nitrogen and oxygen atoms in total. The average molecular weight is 281 g/mol. The van der Waals surface area contributed by atoms with Crippen molar-refractivity contribution in [2.75, 3.05) is 11.4 Å². The number of hydrogen-bond acceptors (Lipinski definition) is 3. The Balaban J connectivity index is 1.95. The lowest BCUT2D eigenvalue weighted by atomic mass is 9.96. The first-order valence-electron chi connectivity index (χ1n) is 7.83. The molecule has 0 saturated heterocycles. The Bertz CT molecular complexity index is 609. The second kappa shape index (κ2) is 6.27. The summed E-state index contributed by atoms with van der Waals surface area (Å²) in [6.45, 7) is 6.20. The summed E-state index contributed by atoms with van der Waals surface area (Å²) in [7, 11) is 0. The van der Waals surface area contributed by atoms with Gasteiger partial charge in [-0.25, -0.2) is 4.98 Å². The summed E-state index contributed by atoms with van der Waals surface area (Å²) in [5, 5.41) is 3.34. The maximum absolute atomic E-state index is 4.85. The molecule has 0 amide bonds. The summed E-state index contributed by atoms with van der Waals surface area (Å²) < 4.78 is 0. The van der Waals surface area contributed by atoms with E-state index in [2.05, 4.69) is 66.5 Å². The molecule has 0 saturated carbocycles. The van der Waals surface area contributed by atoms with E-state index in [9.17, 15) is 0 Å². The van der Waals surface area contributed by atoms with Gasteiger partial charge in [0.1, 0.15) is 5.82 Å². The van der Waals surface area contributed by atoms with Crippen LogP contribution >= 0.6 is 0 Å². The molecule has 3 heteroatoms. The van der Waals surface area contributed by atoms with Crippen LogP contribution in [0, 0.1) is 0 Å². The first-order chi connectivity index (χ1) is 10.3. The Morgan fingerprint density at radius 2 is 2.05 bits per heavy atom. The molecular formula is C18H23N3. The summed E-state index contributed by atoms with van der Waals surface area (Å²) in [4.78, 5) is 7.23. The van der Waals surface area contributed by atoms with E-state index < -0.39 is 0 Å². The number of para-hydroxylation sites is 1. The van der Waals surface area contributed by atoms with Crippen LogP contribution in [0.25, 0.3) is 0 Å². The second-order valence-corrected chi connectivity index (χ2v) is 5.65. The molecule has 1 N–H and O–H groups in total. The molecule has 1 aliphatic rings. The minimum Gasteiger partial charge on any atom is -0.323 e. The highest BCUT2D eigenvalue weighted by Gasteiger charge is 2.24. The molecule has 2 heterocycles. The van der Waals surface area contributed by atoms with Gasteiger partial charge in [0.05, 0.1) is 5.69 Å². The van der Waals surface area contributed by atoms with E-state index in [-0.39, 0.29) is 0 Å². The molecule has 3 rings (SSSR count). The van der Waals surface area contributed by atoms with Gasteiger partial charge in [-0.15, -0.1) is 0 Å². The predicted octanol–water partition coefficient (Wildman–Crippen LogP) is 3.66. The van der Waals surface area contributed by atoms with E-state index in [1.807, 2.05) is 0 Å². The number of nitrogens with zero attached hydrogens (tertiary/aromatic N) is 2. The van der Waals surface area contributed by atoms with Gasteiger partial charge in [0.2, 0.25) is 0 Å². The van der Waals surface area contributed by atoms with E-state index in [4.69, 9.17) is 4.98 Å². The molecular weight excluding hydrogens is 258 g/mol. The quantitative estimate of drug-likeness (QED) is 0.927. The lowest BCUT2D eigenvalue weighted by Crippen LogP contribution is -2.34. The van der Waals surface area contributed by atoms with Gasteiger partial charge in [0.25, 0.3) is 0 Å². The van der Waals surface area contributed by atoms with Crippen LogP contribution in [-0.2, 0) is 13.0 Å². The number of pyridine rings is 1. The fourth-order valence-corrected chi connectivity index (χ4v) is 2.99. The largest absolute Gasteiger partial charge is 0.323 e. The summed E-state index contributed by atoms with van der Waals surface area (Å²) in [6.07, 6.45) is 2.33. The van der Waals surface area contributed by atoms with Gasteiger partial charge in [0, 0.05) is 18.3 Å². The standard InChI is InChI=1S/C18H23N3/c1-3-19-13-16-8-6-10-18(20-16)21-14(2)11-12-15-7-4-5-9-17(15)21/h4-10,14,19H,3,11-13H2,1-2H3. The molecule has 1 aromatic carbocycles. The molecule has 1 aromatic heterocycles. The van der Waals surface area contributed by atoms with Gasteiger partial charge in [-0.1, -0.05) is 31.2 Å². The van der Waals surface area contributed by atoms with Crippen molar-refractivity contribution >= 4 is 11.5 Å². The van der Waals surface area contributed by atoms with Gasteiger partial charge in [-0.2, -0.15) is 0 Å². The Morgan fingerprint density at radius 3 is 2.90 bits per heavy atom. The molecule has 0 fully saturated rings. The summed E-state index contributed by atoms with van der Waals surface area (Å²) >= 11 is 0. The summed E-state index contributed by atoms with van der Waals surface area (Å²) in [5.74, 6) is 1.06. The SMILES string of the molecule is CCNCc1cccc(N2c3ccccc3CCC2C)n1. The van der Waals surface area contributed by atoms with Crippen molar-refractivity contribution in [3.8, 4) is 0 Å².